The molecule has 0 saturated heterocycles. The summed E-state index contributed by atoms with van der Waals surface area (Å²) in [6, 6.07) is 0. The van der Waals surface area contributed by atoms with Gasteiger partial charge >= 0.3 is 26.5 Å². The molecule has 0 fully saturated rings. The predicted octanol–water partition coefficient (Wildman–Crippen LogP) is 0.117. The first-order valence-electron chi connectivity index (χ1n) is 3.53. The van der Waals surface area contributed by atoms with Crippen LogP contribution in [-0.4, -0.2) is 28.6 Å². The molecule has 67 valence electrons. The average Bonchev–Trinajstić information content (AvgIpc) is 2.00. The van der Waals surface area contributed by atoms with Gasteiger partial charge in [0.25, 0.3) is 0 Å². The standard InChI is InChI=1S/C6H14O2.H2O.O.Ti/c1-2-3-5-8-6-4-7;;;/h7H,2-6H2,1H3;1H2;;/q;;;+1/p-1. The summed E-state index contributed by atoms with van der Waals surface area (Å²) >= 11 is -1.75. The Labute approximate surface area is 76.3 Å². The van der Waals surface area contributed by atoms with Crippen LogP contribution in [0.5, 0.6) is 0 Å². The number of aliphatic hydroxyl groups is 1. The van der Waals surface area contributed by atoms with Crippen LogP contribution in [0.1, 0.15) is 19.8 Å². The van der Waals surface area contributed by atoms with Crippen LogP contribution in [0.3, 0.4) is 0 Å². The molecule has 0 amide bonds. The van der Waals surface area contributed by atoms with Crippen molar-refractivity contribution >= 4 is 0 Å². The molecule has 0 aliphatic rings. The van der Waals surface area contributed by atoms with Gasteiger partial charge in [-0.1, -0.05) is 13.3 Å². The first-order valence-corrected chi connectivity index (χ1v) is 4.86. The van der Waals surface area contributed by atoms with E-state index >= 15 is 0 Å². The van der Waals surface area contributed by atoms with Crippen molar-refractivity contribution in [2.24, 2.45) is 0 Å². The Bertz CT molecular complexity index is 63.6. The summed E-state index contributed by atoms with van der Waals surface area (Å²) in [5.41, 5.74) is 0. The summed E-state index contributed by atoms with van der Waals surface area (Å²) in [7, 11) is 0. The van der Waals surface area contributed by atoms with E-state index in [9.17, 15) is 0 Å². The summed E-state index contributed by atoms with van der Waals surface area (Å²) in [4.78, 5) is 0. The van der Waals surface area contributed by atoms with Crippen LogP contribution in [0.25, 0.3) is 0 Å². The van der Waals surface area contributed by atoms with Crippen molar-refractivity contribution in [2.75, 3.05) is 19.8 Å². The molecule has 0 aliphatic carbocycles. The fourth-order valence-corrected chi connectivity index (χ4v) is 0.413. The molecule has 4 nitrogen and oxygen atoms in total. The molecule has 5 heteroatoms. The third kappa shape index (κ3) is 25.2. The zero-order valence-electron chi connectivity index (χ0n) is 6.75. The minimum atomic E-state index is -1.75. The number of unbranched alkanes of at least 4 members (excludes halogenated alkanes) is 1. The molecule has 0 spiro atoms. The molecule has 0 aromatic heterocycles. The summed E-state index contributed by atoms with van der Waals surface area (Å²) in [5, 5.41) is 8.24. The summed E-state index contributed by atoms with van der Waals surface area (Å²) in [5.74, 6) is 0. The molecule has 0 unspecified atom stereocenters. The maximum atomic E-state index is 8.61. The first-order chi connectivity index (χ1) is 5.33. The van der Waals surface area contributed by atoms with Crippen molar-refractivity contribution < 1.29 is 36.4 Å². The van der Waals surface area contributed by atoms with Crippen molar-refractivity contribution in [1.29, 1.82) is 0 Å². The van der Waals surface area contributed by atoms with Crippen molar-refractivity contribution in [2.45, 2.75) is 19.8 Å². The zero-order chi connectivity index (χ0) is 8.95. The van der Waals surface area contributed by atoms with Gasteiger partial charge in [0.2, 0.25) is 0 Å². The van der Waals surface area contributed by atoms with Gasteiger partial charge < -0.3 is 9.84 Å². The Morgan fingerprint density at radius 1 is 1.45 bits per heavy atom. The van der Waals surface area contributed by atoms with Gasteiger partial charge in [-0.05, 0) is 6.42 Å². The third-order valence-corrected chi connectivity index (χ3v) is 0.878. The molecule has 0 bridgehead atoms. The van der Waals surface area contributed by atoms with E-state index in [0.717, 1.165) is 19.4 Å². The van der Waals surface area contributed by atoms with E-state index in [1.165, 1.54) is 0 Å². The van der Waals surface area contributed by atoms with Crippen LogP contribution in [-0.2, 0) is 27.6 Å². The molecule has 0 aliphatic heterocycles. The van der Waals surface area contributed by atoms with Gasteiger partial charge in [-0.2, -0.15) is 0 Å². The monoisotopic (exact) mass is 199 g/mol. The molecule has 0 saturated carbocycles. The number of aliphatic hydroxyl groups excluding tert-OH is 1. The van der Waals surface area contributed by atoms with Gasteiger partial charge in [0.05, 0.1) is 13.2 Å². The van der Waals surface area contributed by atoms with Crippen molar-refractivity contribution in [1.82, 2.24) is 0 Å². The molecule has 0 aromatic carbocycles. The van der Waals surface area contributed by atoms with E-state index in [4.69, 9.17) is 16.9 Å². The van der Waals surface area contributed by atoms with Crippen LogP contribution in [0.2, 0.25) is 0 Å². The van der Waals surface area contributed by atoms with Crippen LogP contribution in [0.15, 0.2) is 0 Å². The number of hydrogen-bond donors (Lipinski definition) is 2. The van der Waals surface area contributed by atoms with Crippen LogP contribution >= 0.6 is 0 Å². The summed E-state index contributed by atoms with van der Waals surface area (Å²) in [6.45, 7) is 3.53. The number of rotatable bonds is 5. The molecule has 2 N–H and O–H groups in total. The fourth-order valence-electron chi connectivity index (χ4n) is 0.413. The van der Waals surface area contributed by atoms with Gasteiger partial charge in [-0.25, -0.2) is 0 Å². The van der Waals surface area contributed by atoms with E-state index in [1.807, 2.05) is 0 Å². The van der Waals surface area contributed by atoms with Crippen molar-refractivity contribution in [3.8, 4) is 0 Å². The van der Waals surface area contributed by atoms with E-state index in [2.05, 4.69) is 6.92 Å². The SMILES string of the molecule is CCCCOCCO.[O]=[Ti][OH]. The molecule has 0 atom stereocenters. The Kier molecular flexibility index (Phi) is 21.3. The quantitative estimate of drug-likeness (QED) is 0.487. The number of hydrogen-bond acceptors (Lipinski definition) is 3. The van der Waals surface area contributed by atoms with Gasteiger partial charge in [0.1, 0.15) is 0 Å². The second-order valence-corrected chi connectivity index (χ2v) is 2.07. The fraction of sp³-hybridized carbons (Fsp3) is 1.00. The van der Waals surface area contributed by atoms with Gasteiger partial charge in [-0.3, -0.25) is 0 Å². The Balaban J connectivity index is 0. The normalized spacial score (nSPS) is 7.91. The Hall–Kier alpha value is 0.394. The summed E-state index contributed by atoms with van der Waals surface area (Å²) < 4.78 is 20.7. The third-order valence-electron chi connectivity index (χ3n) is 0.878. The molecular formula is C6H15O4Ti. The average molecular weight is 199 g/mol. The van der Waals surface area contributed by atoms with Gasteiger partial charge in [0.15, 0.2) is 0 Å². The van der Waals surface area contributed by atoms with E-state index in [0.29, 0.717) is 6.61 Å². The van der Waals surface area contributed by atoms with E-state index < -0.39 is 19.5 Å². The van der Waals surface area contributed by atoms with E-state index in [-0.39, 0.29) is 6.61 Å². The molecule has 0 radical (unpaired) electrons. The molecule has 0 heterocycles. The van der Waals surface area contributed by atoms with Crippen molar-refractivity contribution in [3.05, 3.63) is 0 Å². The van der Waals surface area contributed by atoms with Crippen LogP contribution in [0, 0.1) is 0 Å². The molecule has 0 aromatic rings. The van der Waals surface area contributed by atoms with Crippen LogP contribution < -0.4 is 0 Å². The van der Waals surface area contributed by atoms with E-state index in [1.54, 1.807) is 0 Å². The Morgan fingerprint density at radius 2 is 2.00 bits per heavy atom. The zero-order valence-corrected chi connectivity index (χ0v) is 8.31. The molecule has 11 heavy (non-hydrogen) atoms. The summed E-state index contributed by atoms with van der Waals surface area (Å²) in [6.07, 6.45) is 2.26. The second-order valence-electron chi connectivity index (χ2n) is 1.78. The first kappa shape index (κ1) is 13.9. The second kappa shape index (κ2) is 16.8. The van der Waals surface area contributed by atoms with Crippen molar-refractivity contribution in [3.63, 3.8) is 0 Å². The van der Waals surface area contributed by atoms with Gasteiger partial charge in [-0.15, -0.1) is 0 Å². The minimum absolute atomic E-state index is 0.143. The van der Waals surface area contributed by atoms with Crippen LogP contribution in [0.4, 0.5) is 0 Å². The maximum absolute atomic E-state index is 8.61. The Morgan fingerprint density at radius 3 is 2.36 bits per heavy atom. The molecular weight excluding hydrogens is 184 g/mol. The molecule has 0 rings (SSSR count). The number of ether oxygens (including phenoxy) is 1. The topological polar surface area (TPSA) is 66.8 Å². The predicted molar refractivity (Wildman–Crippen MR) is 35.7 cm³/mol. The van der Waals surface area contributed by atoms with Gasteiger partial charge in [0, 0.05) is 6.61 Å².